The van der Waals surface area contributed by atoms with Gasteiger partial charge in [-0.3, -0.25) is 4.79 Å². The molecule has 1 fully saturated rings. The first-order chi connectivity index (χ1) is 6.74. The highest BCUT2D eigenvalue weighted by Gasteiger charge is 2.23. The molecule has 2 unspecified atom stereocenters. The van der Waals surface area contributed by atoms with Crippen LogP contribution >= 0.6 is 11.6 Å². The van der Waals surface area contributed by atoms with Gasteiger partial charge in [-0.25, -0.2) is 0 Å². The first-order valence-corrected chi connectivity index (χ1v) is 5.69. The van der Waals surface area contributed by atoms with Crippen molar-refractivity contribution in [1.82, 2.24) is 5.32 Å². The number of carbonyl (C=O) groups excluding carboxylic acids is 1. The molecule has 0 radical (unpaired) electrons. The number of hydrogen-bond donors (Lipinski definition) is 1. The molecule has 3 nitrogen and oxygen atoms in total. The summed E-state index contributed by atoms with van der Waals surface area (Å²) in [6.07, 6.45) is 1.80. The molecule has 1 saturated heterocycles. The smallest absolute Gasteiger partial charge is 0.225 e. The van der Waals surface area contributed by atoms with E-state index < -0.39 is 0 Å². The van der Waals surface area contributed by atoms with Crippen molar-refractivity contribution in [2.75, 3.05) is 25.6 Å². The van der Waals surface area contributed by atoms with E-state index in [1.807, 2.05) is 0 Å². The standard InChI is InChI=1S/C10H18ClNO2/c1-8(2-4-11)6-12-10(13)9-3-5-14-7-9/h8-9H,2-7H2,1H3,(H,12,13). The normalized spacial score (nSPS) is 23.4. The Morgan fingerprint density at radius 1 is 1.71 bits per heavy atom. The molecular weight excluding hydrogens is 202 g/mol. The maximum absolute atomic E-state index is 11.5. The summed E-state index contributed by atoms with van der Waals surface area (Å²) >= 11 is 5.61. The SMILES string of the molecule is CC(CCCl)CNC(=O)C1CCOC1. The fourth-order valence-electron chi connectivity index (χ4n) is 1.45. The molecule has 0 spiro atoms. The molecule has 1 rings (SSSR count). The van der Waals surface area contributed by atoms with Gasteiger partial charge in [-0.15, -0.1) is 11.6 Å². The third-order valence-electron chi connectivity index (χ3n) is 2.53. The van der Waals surface area contributed by atoms with Crippen molar-refractivity contribution in [3.8, 4) is 0 Å². The van der Waals surface area contributed by atoms with Gasteiger partial charge in [0.2, 0.25) is 5.91 Å². The lowest BCUT2D eigenvalue weighted by Crippen LogP contribution is -2.34. The van der Waals surface area contributed by atoms with Crippen molar-refractivity contribution in [3.63, 3.8) is 0 Å². The van der Waals surface area contributed by atoms with Crippen molar-refractivity contribution >= 4 is 17.5 Å². The molecular formula is C10H18ClNO2. The van der Waals surface area contributed by atoms with Gasteiger partial charge in [0.25, 0.3) is 0 Å². The highest BCUT2D eigenvalue weighted by Crippen LogP contribution is 2.12. The van der Waals surface area contributed by atoms with E-state index in [4.69, 9.17) is 16.3 Å². The van der Waals surface area contributed by atoms with Crippen molar-refractivity contribution in [2.24, 2.45) is 11.8 Å². The van der Waals surface area contributed by atoms with Gasteiger partial charge in [-0.05, 0) is 18.8 Å². The monoisotopic (exact) mass is 219 g/mol. The summed E-state index contributed by atoms with van der Waals surface area (Å²) < 4.78 is 5.15. The number of ether oxygens (including phenoxy) is 1. The fraction of sp³-hybridized carbons (Fsp3) is 0.900. The zero-order valence-electron chi connectivity index (χ0n) is 8.59. The molecule has 14 heavy (non-hydrogen) atoms. The van der Waals surface area contributed by atoms with Crippen molar-refractivity contribution < 1.29 is 9.53 Å². The highest BCUT2D eigenvalue weighted by atomic mass is 35.5. The van der Waals surface area contributed by atoms with Gasteiger partial charge < -0.3 is 10.1 Å². The molecule has 1 N–H and O–H groups in total. The summed E-state index contributed by atoms with van der Waals surface area (Å²) in [6.45, 7) is 4.11. The van der Waals surface area contributed by atoms with E-state index in [2.05, 4.69) is 12.2 Å². The number of alkyl halides is 1. The van der Waals surface area contributed by atoms with Crippen LogP contribution in [-0.4, -0.2) is 31.5 Å². The molecule has 1 aliphatic rings. The number of amides is 1. The van der Waals surface area contributed by atoms with Crippen LogP contribution in [0.2, 0.25) is 0 Å². The Morgan fingerprint density at radius 2 is 2.50 bits per heavy atom. The minimum atomic E-state index is 0.0678. The Bertz CT molecular complexity index is 181. The Kier molecular flexibility index (Phi) is 5.26. The molecule has 1 amide bonds. The van der Waals surface area contributed by atoms with Gasteiger partial charge in [0, 0.05) is 19.0 Å². The molecule has 1 heterocycles. The second-order valence-electron chi connectivity index (χ2n) is 3.89. The van der Waals surface area contributed by atoms with E-state index in [1.54, 1.807) is 0 Å². The fourth-order valence-corrected chi connectivity index (χ4v) is 1.82. The number of halogens is 1. The highest BCUT2D eigenvalue weighted by molar-refractivity contribution is 6.17. The molecule has 0 aromatic rings. The zero-order valence-corrected chi connectivity index (χ0v) is 9.35. The van der Waals surface area contributed by atoms with Crippen LogP contribution in [0.3, 0.4) is 0 Å². The molecule has 0 aliphatic carbocycles. The number of hydrogen-bond acceptors (Lipinski definition) is 2. The van der Waals surface area contributed by atoms with Crippen molar-refractivity contribution in [1.29, 1.82) is 0 Å². The number of carbonyl (C=O) groups is 1. The Labute approximate surface area is 90.1 Å². The topological polar surface area (TPSA) is 38.3 Å². The summed E-state index contributed by atoms with van der Waals surface area (Å²) in [5.74, 6) is 1.31. The minimum absolute atomic E-state index is 0.0678. The van der Waals surface area contributed by atoms with Crippen LogP contribution < -0.4 is 5.32 Å². The van der Waals surface area contributed by atoms with Gasteiger partial charge >= 0.3 is 0 Å². The van der Waals surface area contributed by atoms with Crippen LogP contribution in [-0.2, 0) is 9.53 Å². The molecule has 0 bridgehead atoms. The van der Waals surface area contributed by atoms with E-state index in [0.717, 1.165) is 26.0 Å². The number of rotatable bonds is 5. The van der Waals surface area contributed by atoms with Crippen LogP contribution in [0.25, 0.3) is 0 Å². The molecule has 2 atom stereocenters. The van der Waals surface area contributed by atoms with E-state index in [9.17, 15) is 4.79 Å². The second kappa shape index (κ2) is 6.25. The predicted molar refractivity (Wildman–Crippen MR) is 56.4 cm³/mol. The molecule has 0 aromatic heterocycles. The zero-order chi connectivity index (χ0) is 10.4. The Morgan fingerprint density at radius 3 is 3.07 bits per heavy atom. The minimum Gasteiger partial charge on any atom is -0.381 e. The Hall–Kier alpha value is -0.280. The predicted octanol–water partition coefficient (Wildman–Crippen LogP) is 1.40. The quantitative estimate of drug-likeness (QED) is 0.710. The largest absolute Gasteiger partial charge is 0.381 e. The van der Waals surface area contributed by atoms with Crippen LogP contribution in [0.15, 0.2) is 0 Å². The summed E-state index contributed by atoms with van der Waals surface area (Å²) in [7, 11) is 0. The van der Waals surface area contributed by atoms with E-state index in [1.165, 1.54) is 0 Å². The lowest BCUT2D eigenvalue weighted by Gasteiger charge is -2.13. The average molecular weight is 220 g/mol. The maximum Gasteiger partial charge on any atom is 0.225 e. The molecule has 0 aromatic carbocycles. The lowest BCUT2D eigenvalue weighted by atomic mass is 10.1. The molecule has 1 aliphatic heterocycles. The van der Waals surface area contributed by atoms with E-state index in [0.29, 0.717) is 18.4 Å². The molecule has 82 valence electrons. The van der Waals surface area contributed by atoms with Gasteiger partial charge in [-0.2, -0.15) is 0 Å². The van der Waals surface area contributed by atoms with E-state index >= 15 is 0 Å². The first-order valence-electron chi connectivity index (χ1n) is 5.15. The third kappa shape index (κ3) is 3.84. The van der Waals surface area contributed by atoms with Crippen molar-refractivity contribution in [2.45, 2.75) is 19.8 Å². The van der Waals surface area contributed by atoms with Crippen LogP contribution in [0.5, 0.6) is 0 Å². The number of nitrogens with one attached hydrogen (secondary N) is 1. The van der Waals surface area contributed by atoms with Crippen LogP contribution in [0.4, 0.5) is 0 Å². The summed E-state index contributed by atoms with van der Waals surface area (Å²) in [6, 6.07) is 0. The van der Waals surface area contributed by atoms with Crippen molar-refractivity contribution in [3.05, 3.63) is 0 Å². The van der Waals surface area contributed by atoms with Crippen LogP contribution in [0, 0.1) is 11.8 Å². The van der Waals surface area contributed by atoms with Gasteiger partial charge in [-0.1, -0.05) is 6.92 Å². The van der Waals surface area contributed by atoms with Gasteiger partial charge in [0.05, 0.1) is 12.5 Å². The van der Waals surface area contributed by atoms with Crippen LogP contribution in [0.1, 0.15) is 19.8 Å². The van der Waals surface area contributed by atoms with E-state index in [-0.39, 0.29) is 11.8 Å². The van der Waals surface area contributed by atoms with Gasteiger partial charge in [0.1, 0.15) is 0 Å². The maximum atomic E-state index is 11.5. The Balaban J connectivity index is 2.13. The summed E-state index contributed by atoms with van der Waals surface area (Å²) in [4.78, 5) is 11.5. The first kappa shape index (κ1) is 11.8. The summed E-state index contributed by atoms with van der Waals surface area (Å²) in [5.41, 5.74) is 0. The lowest BCUT2D eigenvalue weighted by molar-refractivity contribution is -0.125. The second-order valence-corrected chi connectivity index (χ2v) is 4.27. The third-order valence-corrected chi connectivity index (χ3v) is 2.75. The molecule has 0 saturated carbocycles. The average Bonchev–Trinajstić information content (AvgIpc) is 2.67. The summed E-state index contributed by atoms with van der Waals surface area (Å²) in [5, 5.41) is 2.93. The molecule has 4 heteroatoms. The van der Waals surface area contributed by atoms with Gasteiger partial charge in [0.15, 0.2) is 0 Å².